The molecule has 0 N–H and O–H groups in total. The van der Waals surface area contributed by atoms with Crippen molar-refractivity contribution in [1.82, 2.24) is 15.0 Å². The van der Waals surface area contributed by atoms with Crippen LogP contribution in [-0.4, -0.2) is 49.8 Å². The lowest BCUT2D eigenvalue weighted by molar-refractivity contribution is -0.137. The summed E-state index contributed by atoms with van der Waals surface area (Å²) in [6, 6.07) is 6.39. The molecule has 0 bridgehead atoms. The molecule has 1 fully saturated rings. The Morgan fingerprint density at radius 3 is 2.59 bits per heavy atom. The second-order valence-corrected chi connectivity index (χ2v) is 8.38. The first-order valence-electron chi connectivity index (χ1n) is 8.83. The Kier molecular flexibility index (Phi) is 4.89. The zero-order chi connectivity index (χ0) is 20.8. The van der Waals surface area contributed by atoms with Gasteiger partial charge in [0, 0.05) is 41.0 Å². The SMILES string of the molecule is Cc1noc2nc(-c3ccccc3C(F)(F)F)cc(C(=O)N3CCS(=O)CC3)c12. The maximum atomic E-state index is 13.5. The zero-order valence-corrected chi connectivity index (χ0v) is 16.1. The van der Waals surface area contributed by atoms with Crippen LogP contribution in [0.5, 0.6) is 0 Å². The minimum atomic E-state index is -4.58. The molecular weight excluding hydrogens is 407 g/mol. The molecule has 1 saturated heterocycles. The Bertz CT molecular complexity index is 1120. The van der Waals surface area contributed by atoms with E-state index < -0.39 is 22.5 Å². The average Bonchev–Trinajstić information content (AvgIpc) is 3.08. The number of nitrogens with zero attached hydrogens (tertiary/aromatic N) is 3. The number of pyridine rings is 1. The third-order valence-electron chi connectivity index (χ3n) is 4.82. The van der Waals surface area contributed by atoms with Gasteiger partial charge in [-0.05, 0) is 19.1 Å². The minimum Gasteiger partial charge on any atom is -0.337 e. The van der Waals surface area contributed by atoms with Gasteiger partial charge in [0.25, 0.3) is 11.6 Å². The molecule has 1 aromatic carbocycles. The standard InChI is InChI=1S/C19H16F3N3O3S/c1-11-16-13(18(26)25-6-8-29(27)9-7-25)10-15(23-17(16)28-24-11)12-4-2-3-5-14(12)19(20,21)22/h2-5,10H,6-9H2,1H3. The molecule has 1 amide bonds. The number of benzene rings is 1. The number of rotatable bonds is 2. The van der Waals surface area contributed by atoms with Crippen molar-refractivity contribution in [2.45, 2.75) is 13.1 Å². The van der Waals surface area contributed by atoms with Crippen molar-refractivity contribution in [2.24, 2.45) is 0 Å². The number of amides is 1. The van der Waals surface area contributed by atoms with E-state index in [-0.39, 0.29) is 28.4 Å². The Morgan fingerprint density at radius 2 is 1.90 bits per heavy atom. The van der Waals surface area contributed by atoms with E-state index in [1.165, 1.54) is 24.3 Å². The highest BCUT2D eigenvalue weighted by molar-refractivity contribution is 7.85. The largest absolute Gasteiger partial charge is 0.417 e. The maximum Gasteiger partial charge on any atom is 0.417 e. The van der Waals surface area contributed by atoms with Gasteiger partial charge >= 0.3 is 6.18 Å². The van der Waals surface area contributed by atoms with E-state index in [2.05, 4.69) is 10.1 Å². The number of aromatic nitrogens is 2. The van der Waals surface area contributed by atoms with Gasteiger partial charge in [-0.15, -0.1) is 0 Å². The molecule has 0 atom stereocenters. The molecule has 6 nitrogen and oxygen atoms in total. The van der Waals surface area contributed by atoms with E-state index >= 15 is 0 Å². The molecule has 29 heavy (non-hydrogen) atoms. The van der Waals surface area contributed by atoms with Gasteiger partial charge in [0.05, 0.1) is 27.9 Å². The average molecular weight is 423 g/mol. The summed E-state index contributed by atoms with van der Waals surface area (Å²) in [5.41, 5.74) is -0.425. The normalized spacial score (nSPS) is 15.8. The first-order chi connectivity index (χ1) is 13.8. The van der Waals surface area contributed by atoms with Crippen LogP contribution in [0.4, 0.5) is 13.2 Å². The number of halogens is 3. The molecule has 3 heterocycles. The molecule has 2 aromatic heterocycles. The monoisotopic (exact) mass is 423 g/mol. The first-order valence-corrected chi connectivity index (χ1v) is 10.3. The van der Waals surface area contributed by atoms with E-state index in [0.717, 1.165) is 6.07 Å². The van der Waals surface area contributed by atoms with Gasteiger partial charge in [-0.25, -0.2) is 4.98 Å². The van der Waals surface area contributed by atoms with Crippen molar-refractivity contribution in [1.29, 1.82) is 0 Å². The molecule has 0 spiro atoms. The molecule has 0 radical (unpaired) electrons. The third kappa shape index (κ3) is 3.64. The number of hydrogen-bond acceptors (Lipinski definition) is 5. The van der Waals surface area contributed by atoms with Crippen LogP contribution in [0.25, 0.3) is 22.4 Å². The molecule has 3 aromatic rings. The Labute approximate surface area is 166 Å². The lowest BCUT2D eigenvalue weighted by Gasteiger charge is -2.26. The van der Waals surface area contributed by atoms with E-state index in [1.54, 1.807) is 11.8 Å². The molecule has 10 heteroatoms. The number of hydrogen-bond donors (Lipinski definition) is 0. The molecule has 1 aliphatic heterocycles. The third-order valence-corrected chi connectivity index (χ3v) is 6.10. The Balaban J connectivity index is 1.87. The summed E-state index contributed by atoms with van der Waals surface area (Å²) in [5, 5.41) is 4.19. The fourth-order valence-corrected chi connectivity index (χ4v) is 4.42. The van der Waals surface area contributed by atoms with Crippen molar-refractivity contribution in [3.8, 4) is 11.3 Å². The van der Waals surface area contributed by atoms with Crippen LogP contribution in [0.15, 0.2) is 34.9 Å². The van der Waals surface area contributed by atoms with E-state index in [0.29, 0.717) is 35.7 Å². The summed E-state index contributed by atoms with van der Waals surface area (Å²) in [7, 11) is -0.967. The van der Waals surface area contributed by atoms with Gasteiger partial charge in [0.1, 0.15) is 0 Å². The quantitative estimate of drug-likeness (QED) is 0.631. The Hall–Kier alpha value is -2.75. The molecule has 152 valence electrons. The second-order valence-electron chi connectivity index (χ2n) is 6.69. The number of fused-ring (bicyclic) bond motifs is 1. The van der Waals surface area contributed by atoms with Crippen LogP contribution in [0.3, 0.4) is 0 Å². The summed E-state index contributed by atoms with van der Waals surface area (Å²) in [4.78, 5) is 18.9. The highest BCUT2D eigenvalue weighted by Gasteiger charge is 2.34. The number of carbonyl (C=O) groups excluding carboxylic acids is 1. The van der Waals surface area contributed by atoms with Crippen LogP contribution in [0, 0.1) is 6.92 Å². The number of aryl methyl sites for hydroxylation is 1. The van der Waals surface area contributed by atoms with Crippen LogP contribution in [0.2, 0.25) is 0 Å². The van der Waals surface area contributed by atoms with E-state index in [4.69, 9.17) is 4.52 Å². The van der Waals surface area contributed by atoms with Gasteiger partial charge in [-0.2, -0.15) is 13.2 Å². The molecule has 4 rings (SSSR count). The fourth-order valence-electron chi connectivity index (χ4n) is 3.37. The van der Waals surface area contributed by atoms with Crippen LogP contribution in [-0.2, 0) is 17.0 Å². The fraction of sp³-hybridized carbons (Fsp3) is 0.316. The van der Waals surface area contributed by atoms with Gasteiger partial charge in [-0.3, -0.25) is 9.00 Å². The van der Waals surface area contributed by atoms with Crippen LogP contribution in [0.1, 0.15) is 21.6 Å². The molecular formula is C19H16F3N3O3S. The summed E-state index contributed by atoms with van der Waals surface area (Å²) in [5.74, 6) is 0.366. The summed E-state index contributed by atoms with van der Waals surface area (Å²) in [6.07, 6.45) is -4.58. The van der Waals surface area contributed by atoms with Crippen molar-refractivity contribution in [3.63, 3.8) is 0 Å². The highest BCUT2D eigenvalue weighted by Crippen LogP contribution is 2.37. The zero-order valence-electron chi connectivity index (χ0n) is 15.3. The summed E-state index contributed by atoms with van der Waals surface area (Å²) >= 11 is 0. The van der Waals surface area contributed by atoms with Gasteiger partial charge in [0.15, 0.2) is 0 Å². The van der Waals surface area contributed by atoms with Crippen molar-refractivity contribution < 1.29 is 26.7 Å². The predicted octanol–water partition coefficient (Wildman–Crippen LogP) is 3.42. The van der Waals surface area contributed by atoms with Gasteiger partial charge in [-0.1, -0.05) is 23.4 Å². The molecule has 0 unspecified atom stereocenters. The smallest absolute Gasteiger partial charge is 0.337 e. The molecule has 0 saturated carbocycles. The van der Waals surface area contributed by atoms with Crippen molar-refractivity contribution in [3.05, 3.63) is 47.2 Å². The summed E-state index contributed by atoms with van der Waals surface area (Å²) in [6.45, 7) is 2.26. The highest BCUT2D eigenvalue weighted by atomic mass is 32.2. The maximum absolute atomic E-state index is 13.5. The number of alkyl halides is 3. The number of carbonyl (C=O) groups is 1. The van der Waals surface area contributed by atoms with Gasteiger partial charge < -0.3 is 9.42 Å². The van der Waals surface area contributed by atoms with E-state index in [1.807, 2.05) is 0 Å². The molecule has 1 aliphatic rings. The van der Waals surface area contributed by atoms with Crippen LogP contribution < -0.4 is 0 Å². The Morgan fingerprint density at radius 1 is 1.21 bits per heavy atom. The first kappa shape index (κ1) is 19.6. The lowest BCUT2D eigenvalue weighted by atomic mass is 10.0. The van der Waals surface area contributed by atoms with Gasteiger partial charge in [0.2, 0.25) is 0 Å². The second kappa shape index (κ2) is 7.25. The lowest BCUT2D eigenvalue weighted by Crippen LogP contribution is -2.41. The minimum absolute atomic E-state index is 0.000846. The summed E-state index contributed by atoms with van der Waals surface area (Å²) < 4.78 is 57.2. The van der Waals surface area contributed by atoms with E-state index in [9.17, 15) is 22.2 Å². The van der Waals surface area contributed by atoms with Crippen molar-refractivity contribution >= 4 is 27.8 Å². The van der Waals surface area contributed by atoms with Crippen molar-refractivity contribution in [2.75, 3.05) is 24.6 Å². The predicted molar refractivity (Wildman–Crippen MR) is 101 cm³/mol. The topological polar surface area (TPSA) is 76.3 Å². The van der Waals surface area contributed by atoms with Crippen LogP contribution >= 0.6 is 0 Å². The molecule has 0 aliphatic carbocycles.